The van der Waals surface area contributed by atoms with Gasteiger partial charge in [-0.15, -0.1) is 0 Å². The molecule has 0 aliphatic carbocycles. The van der Waals surface area contributed by atoms with E-state index in [4.69, 9.17) is 15.6 Å². The molecule has 1 rings (SSSR count). The fourth-order valence-electron chi connectivity index (χ4n) is 1.20. The predicted molar refractivity (Wildman–Crippen MR) is 56.9 cm³/mol. The summed E-state index contributed by atoms with van der Waals surface area (Å²) in [7, 11) is 0. The zero-order valence-corrected chi connectivity index (χ0v) is 8.94. The molecule has 1 aromatic rings. The fourth-order valence-corrected chi connectivity index (χ4v) is 1.20. The first kappa shape index (κ1) is 12.4. The average molecular weight is 227 g/mol. The van der Waals surface area contributed by atoms with Crippen LogP contribution in [-0.2, 0) is 4.79 Å². The molecular weight excluding hydrogens is 213 g/mol. The van der Waals surface area contributed by atoms with Crippen LogP contribution in [0.15, 0.2) is 18.2 Å². The van der Waals surface area contributed by atoms with Gasteiger partial charge in [0.2, 0.25) is 0 Å². The fraction of sp³-hybridized carbons (Fsp3) is 0.364. The van der Waals surface area contributed by atoms with Gasteiger partial charge in [-0.3, -0.25) is 0 Å². The van der Waals surface area contributed by atoms with Gasteiger partial charge in [-0.25, -0.2) is 9.18 Å². The topological polar surface area (TPSA) is 72.5 Å². The minimum atomic E-state index is -1.11. The standard InChI is InChI=1S/C11H14FNO3/c1-7-2-3-8(6-9(7)12)16-10(4-5-13)11(14)15/h2-3,6,10H,4-5,13H2,1H3,(H,14,15). The molecule has 0 aromatic heterocycles. The van der Waals surface area contributed by atoms with Crippen LogP contribution in [0.4, 0.5) is 4.39 Å². The number of aliphatic carboxylic acids is 1. The minimum Gasteiger partial charge on any atom is -0.479 e. The second-order valence-corrected chi connectivity index (χ2v) is 3.43. The largest absolute Gasteiger partial charge is 0.479 e. The molecule has 0 radical (unpaired) electrons. The van der Waals surface area contributed by atoms with Crippen molar-refractivity contribution >= 4 is 5.97 Å². The Morgan fingerprint density at radius 2 is 2.31 bits per heavy atom. The number of aryl methyl sites for hydroxylation is 1. The average Bonchev–Trinajstić information content (AvgIpc) is 2.22. The number of benzene rings is 1. The van der Waals surface area contributed by atoms with Crippen LogP contribution in [-0.4, -0.2) is 23.7 Å². The van der Waals surface area contributed by atoms with E-state index in [-0.39, 0.29) is 18.7 Å². The summed E-state index contributed by atoms with van der Waals surface area (Å²) in [5.74, 6) is -1.33. The van der Waals surface area contributed by atoms with Gasteiger partial charge in [0.15, 0.2) is 6.10 Å². The van der Waals surface area contributed by atoms with Crippen molar-refractivity contribution in [1.82, 2.24) is 0 Å². The molecule has 0 saturated heterocycles. The Morgan fingerprint density at radius 3 is 2.81 bits per heavy atom. The number of rotatable bonds is 5. The van der Waals surface area contributed by atoms with Gasteiger partial charge in [0, 0.05) is 12.5 Å². The van der Waals surface area contributed by atoms with Crippen LogP contribution in [0.1, 0.15) is 12.0 Å². The summed E-state index contributed by atoms with van der Waals surface area (Å²) >= 11 is 0. The lowest BCUT2D eigenvalue weighted by atomic mass is 10.2. The van der Waals surface area contributed by atoms with Crippen LogP contribution in [0.25, 0.3) is 0 Å². The Morgan fingerprint density at radius 1 is 1.62 bits per heavy atom. The van der Waals surface area contributed by atoms with Gasteiger partial charge >= 0.3 is 5.97 Å². The molecule has 1 unspecified atom stereocenters. The smallest absolute Gasteiger partial charge is 0.344 e. The van der Waals surface area contributed by atoms with Crippen molar-refractivity contribution in [3.8, 4) is 5.75 Å². The highest BCUT2D eigenvalue weighted by atomic mass is 19.1. The molecule has 0 saturated carbocycles. The summed E-state index contributed by atoms with van der Waals surface area (Å²) in [5, 5.41) is 8.82. The Labute approximate surface area is 92.8 Å². The zero-order valence-electron chi connectivity index (χ0n) is 8.94. The number of carbonyl (C=O) groups is 1. The number of ether oxygens (including phenoxy) is 1. The minimum absolute atomic E-state index is 0.185. The van der Waals surface area contributed by atoms with Crippen molar-refractivity contribution in [3.63, 3.8) is 0 Å². The van der Waals surface area contributed by atoms with Crippen molar-refractivity contribution in [3.05, 3.63) is 29.6 Å². The van der Waals surface area contributed by atoms with E-state index in [0.717, 1.165) is 0 Å². The molecule has 0 heterocycles. The molecule has 3 N–H and O–H groups in total. The van der Waals surface area contributed by atoms with Crippen molar-refractivity contribution in [2.75, 3.05) is 6.54 Å². The quantitative estimate of drug-likeness (QED) is 0.795. The highest BCUT2D eigenvalue weighted by molar-refractivity contribution is 5.72. The number of nitrogens with two attached hydrogens (primary N) is 1. The van der Waals surface area contributed by atoms with Crippen LogP contribution in [0.2, 0.25) is 0 Å². The predicted octanol–water partition coefficient (Wildman–Crippen LogP) is 1.31. The molecule has 88 valence electrons. The second-order valence-electron chi connectivity index (χ2n) is 3.43. The third kappa shape index (κ3) is 3.20. The van der Waals surface area contributed by atoms with Gasteiger partial charge in [-0.2, -0.15) is 0 Å². The zero-order chi connectivity index (χ0) is 12.1. The lowest BCUT2D eigenvalue weighted by molar-refractivity contribution is -0.145. The van der Waals surface area contributed by atoms with E-state index in [2.05, 4.69) is 0 Å². The monoisotopic (exact) mass is 227 g/mol. The number of carboxylic acid groups (broad SMARTS) is 1. The summed E-state index contributed by atoms with van der Waals surface area (Å²) in [6.45, 7) is 1.82. The van der Waals surface area contributed by atoms with Gasteiger partial charge in [0.1, 0.15) is 11.6 Å². The van der Waals surface area contributed by atoms with E-state index in [0.29, 0.717) is 5.56 Å². The first-order chi connectivity index (χ1) is 7.54. The van der Waals surface area contributed by atoms with Gasteiger partial charge in [0.05, 0.1) is 0 Å². The SMILES string of the molecule is Cc1ccc(OC(CCN)C(=O)O)cc1F. The van der Waals surface area contributed by atoms with E-state index in [9.17, 15) is 9.18 Å². The lowest BCUT2D eigenvalue weighted by Crippen LogP contribution is -2.29. The second kappa shape index (κ2) is 5.46. The first-order valence-electron chi connectivity index (χ1n) is 4.90. The first-order valence-corrected chi connectivity index (χ1v) is 4.90. The molecule has 16 heavy (non-hydrogen) atoms. The summed E-state index contributed by atoms with van der Waals surface area (Å²) in [4.78, 5) is 10.8. The Kier molecular flexibility index (Phi) is 4.25. The van der Waals surface area contributed by atoms with Crippen LogP contribution < -0.4 is 10.5 Å². The van der Waals surface area contributed by atoms with Crippen LogP contribution in [0.3, 0.4) is 0 Å². The third-order valence-corrected chi connectivity index (χ3v) is 2.13. The van der Waals surface area contributed by atoms with Gasteiger partial charge in [-0.1, -0.05) is 6.07 Å². The number of hydrogen-bond donors (Lipinski definition) is 2. The molecule has 0 aliphatic heterocycles. The van der Waals surface area contributed by atoms with E-state index in [1.54, 1.807) is 6.92 Å². The van der Waals surface area contributed by atoms with Gasteiger partial charge in [-0.05, 0) is 25.1 Å². The maximum Gasteiger partial charge on any atom is 0.344 e. The van der Waals surface area contributed by atoms with E-state index < -0.39 is 17.9 Å². The van der Waals surface area contributed by atoms with Crippen molar-refractivity contribution in [2.45, 2.75) is 19.4 Å². The molecule has 0 aliphatic rings. The highest BCUT2D eigenvalue weighted by Crippen LogP contribution is 2.17. The summed E-state index contributed by atoms with van der Waals surface area (Å²) in [6, 6.07) is 4.23. The Bertz CT molecular complexity index is 381. The highest BCUT2D eigenvalue weighted by Gasteiger charge is 2.18. The van der Waals surface area contributed by atoms with Crippen molar-refractivity contribution in [2.24, 2.45) is 5.73 Å². The third-order valence-electron chi connectivity index (χ3n) is 2.13. The normalized spacial score (nSPS) is 12.2. The molecule has 1 atom stereocenters. The summed E-state index contributed by atoms with van der Waals surface area (Å²) in [5.41, 5.74) is 5.74. The van der Waals surface area contributed by atoms with E-state index >= 15 is 0 Å². The number of halogens is 1. The van der Waals surface area contributed by atoms with Crippen molar-refractivity contribution in [1.29, 1.82) is 0 Å². The number of hydrogen-bond acceptors (Lipinski definition) is 3. The maximum atomic E-state index is 13.2. The van der Waals surface area contributed by atoms with E-state index in [1.165, 1.54) is 18.2 Å². The summed E-state index contributed by atoms with van der Waals surface area (Å²) in [6.07, 6.45) is -0.850. The van der Waals surface area contributed by atoms with Crippen LogP contribution >= 0.6 is 0 Å². The maximum absolute atomic E-state index is 13.2. The molecule has 0 bridgehead atoms. The Hall–Kier alpha value is -1.62. The van der Waals surface area contributed by atoms with Gasteiger partial charge in [0.25, 0.3) is 0 Å². The van der Waals surface area contributed by atoms with E-state index in [1.807, 2.05) is 0 Å². The molecule has 0 fully saturated rings. The summed E-state index contributed by atoms with van der Waals surface area (Å²) < 4.78 is 18.3. The van der Waals surface area contributed by atoms with Crippen LogP contribution in [0.5, 0.6) is 5.75 Å². The molecule has 0 amide bonds. The van der Waals surface area contributed by atoms with Gasteiger partial charge < -0.3 is 15.6 Å². The Balaban J connectivity index is 2.77. The molecule has 5 heteroatoms. The molecular formula is C11H14FNO3. The van der Waals surface area contributed by atoms with Crippen LogP contribution in [0, 0.1) is 12.7 Å². The molecule has 1 aromatic carbocycles. The number of carboxylic acids is 1. The molecule has 0 spiro atoms. The molecule has 4 nitrogen and oxygen atoms in total. The lowest BCUT2D eigenvalue weighted by Gasteiger charge is -2.14. The van der Waals surface area contributed by atoms with Crippen molar-refractivity contribution < 1.29 is 19.0 Å².